The van der Waals surface area contributed by atoms with E-state index in [4.69, 9.17) is 0 Å². The van der Waals surface area contributed by atoms with Gasteiger partial charge in [-0.05, 0) is 55.9 Å². The molecule has 0 aromatic heterocycles. The number of carbonyl (C=O) groups is 3. The lowest BCUT2D eigenvalue weighted by Crippen LogP contribution is -2.59. The minimum atomic E-state index is -1.13. The Kier molecular flexibility index (Phi) is 5.26. The molecule has 3 N–H and O–H groups in total. The number of aryl methyl sites for hydroxylation is 1. The van der Waals surface area contributed by atoms with Gasteiger partial charge in [0.2, 0.25) is 5.91 Å². The van der Waals surface area contributed by atoms with Crippen molar-refractivity contribution in [2.24, 2.45) is 5.92 Å². The standard InChI is InChI=1S/C18H24N2O4/c1-11(2)9-15(21)19-14-6-5-13(10-12(14)3)16(22)20-18(17(23)24)7-4-8-18/h5-6,10-11H,4,7-9H2,1-3H3,(H,19,21)(H,20,22)(H,23,24). The normalized spacial score (nSPS) is 15.5. The number of amides is 2. The number of hydrogen-bond donors (Lipinski definition) is 3. The molecule has 6 heteroatoms. The summed E-state index contributed by atoms with van der Waals surface area (Å²) in [6, 6.07) is 4.94. The van der Waals surface area contributed by atoms with Crippen LogP contribution in [0, 0.1) is 12.8 Å². The number of rotatable bonds is 6. The fourth-order valence-corrected chi connectivity index (χ4v) is 2.73. The van der Waals surface area contributed by atoms with E-state index in [0.717, 1.165) is 12.0 Å². The molecule has 24 heavy (non-hydrogen) atoms. The van der Waals surface area contributed by atoms with Gasteiger partial charge in [-0.15, -0.1) is 0 Å². The Morgan fingerprint density at radius 1 is 1.25 bits per heavy atom. The molecule has 0 heterocycles. The second-order valence-electron chi connectivity index (χ2n) is 6.87. The van der Waals surface area contributed by atoms with Crippen LogP contribution >= 0.6 is 0 Å². The summed E-state index contributed by atoms with van der Waals surface area (Å²) in [6.45, 7) is 5.75. The van der Waals surface area contributed by atoms with Gasteiger partial charge in [0.1, 0.15) is 5.54 Å². The van der Waals surface area contributed by atoms with Crippen LogP contribution in [0.4, 0.5) is 5.69 Å². The lowest BCUT2D eigenvalue weighted by Gasteiger charge is -2.38. The third-order valence-corrected chi connectivity index (χ3v) is 4.33. The molecule has 6 nitrogen and oxygen atoms in total. The first-order valence-electron chi connectivity index (χ1n) is 8.20. The Morgan fingerprint density at radius 3 is 2.38 bits per heavy atom. The van der Waals surface area contributed by atoms with Crippen LogP contribution in [0.25, 0.3) is 0 Å². The highest BCUT2D eigenvalue weighted by atomic mass is 16.4. The second kappa shape index (κ2) is 7.03. The largest absolute Gasteiger partial charge is 0.480 e. The highest BCUT2D eigenvalue weighted by Gasteiger charge is 2.45. The average molecular weight is 332 g/mol. The maximum Gasteiger partial charge on any atom is 0.329 e. The summed E-state index contributed by atoms with van der Waals surface area (Å²) in [6.07, 6.45) is 2.14. The molecule has 2 amide bonds. The van der Waals surface area contributed by atoms with Crippen molar-refractivity contribution in [3.8, 4) is 0 Å². The van der Waals surface area contributed by atoms with Crippen LogP contribution < -0.4 is 10.6 Å². The van der Waals surface area contributed by atoms with Crippen molar-refractivity contribution in [2.45, 2.75) is 52.0 Å². The molecule has 0 spiro atoms. The molecule has 0 radical (unpaired) electrons. The first-order valence-corrected chi connectivity index (χ1v) is 8.20. The minimum absolute atomic E-state index is 0.0652. The van der Waals surface area contributed by atoms with Crippen molar-refractivity contribution in [1.29, 1.82) is 0 Å². The molecular formula is C18H24N2O4. The molecule has 0 saturated heterocycles. The lowest BCUT2D eigenvalue weighted by molar-refractivity contribution is -0.148. The van der Waals surface area contributed by atoms with E-state index >= 15 is 0 Å². The smallest absolute Gasteiger partial charge is 0.329 e. The van der Waals surface area contributed by atoms with Crippen LogP contribution in [0.1, 0.15) is 55.5 Å². The zero-order valence-electron chi connectivity index (χ0n) is 14.3. The van der Waals surface area contributed by atoms with Crippen molar-refractivity contribution in [3.63, 3.8) is 0 Å². The number of carboxylic acids is 1. The maximum absolute atomic E-state index is 12.3. The van der Waals surface area contributed by atoms with Crippen molar-refractivity contribution >= 4 is 23.5 Å². The Bertz CT molecular complexity index is 663. The van der Waals surface area contributed by atoms with Gasteiger partial charge in [0, 0.05) is 17.7 Å². The van der Waals surface area contributed by atoms with Gasteiger partial charge in [-0.2, -0.15) is 0 Å². The van der Waals surface area contributed by atoms with Gasteiger partial charge in [0.15, 0.2) is 0 Å². The van der Waals surface area contributed by atoms with Crippen LogP contribution in [-0.2, 0) is 9.59 Å². The molecule has 2 rings (SSSR count). The Labute approximate surface area is 141 Å². The molecule has 1 fully saturated rings. The van der Waals surface area contributed by atoms with Crippen LogP contribution in [0.3, 0.4) is 0 Å². The van der Waals surface area contributed by atoms with E-state index in [-0.39, 0.29) is 11.8 Å². The molecule has 0 unspecified atom stereocenters. The molecule has 130 valence electrons. The van der Waals surface area contributed by atoms with E-state index in [9.17, 15) is 19.5 Å². The Balaban J connectivity index is 2.07. The van der Waals surface area contributed by atoms with E-state index < -0.39 is 17.4 Å². The number of carbonyl (C=O) groups excluding carboxylic acids is 2. The number of aliphatic carboxylic acids is 1. The van der Waals surface area contributed by atoms with Gasteiger partial charge in [0.25, 0.3) is 5.91 Å². The fraction of sp³-hybridized carbons (Fsp3) is 0.500. The Morgan fingerprint density at radius 2 is 1.92 bits per heavy atom. The van der Waals surface area contributed by atoms with Crippen LogP contribution in [-0.4, -0.2) is 28.4 Å². The predicted octanol–water partition coefficient (Wildman–Crippen LogP) is 2.72. The highest BCUT2D eigenvalue weighted by molar-refractivity contribution is 5.99. The molecule has 0 aliphatic heterocycles. The first kappa shape index (κ1) is 18.0. The molecule has 1 aliphatic carbocycles. The van der Waals surface area contributed by atoms with Crippen molar-refractivity contribution in [2.75, 3.05) is 5.32 Å². The van der Waals surface area contributed by atoms with Crippen molar-refractivity contribution in [3.05, 3.63) is 29.3 Å². The van der Waals surface area contributed by atoms with Gasteiger partial charge in [-0.25, -0.2) is 4.79 Å². The maximum atomic E-state index is 12.3. The molecule has 1 aromatic carbocycles. The summed E-state index contributed by atoms with van der Waals surface area (Å²) >= 11 is 0. The summed E-state index contributed by atoms with van der Waals surface area (Å²) in [4.78, 5) is 35.5. The summed E-state index contributed by atoms with van der Waals surface area (Å²) < 4.78 is 0. The van der Waals surface area contributed by atoms with Crippen molar-refractivity contribution < 1.29 is 19.5 Å². The fourth-order valence-electron chi connectivity index (χ4n) is 2.73. The van der Waals surface area contributed by atoms with E-state index in [1.54, 1.807) is 25.1 Å². The highest BCUT2D eigenvalue weighted by Crippen LogP contribution is 2.32. The van der Waals surface area contributed by atoms with Crippen LogP contribution in [0.5, 0.6) is 0 Å². The SMILES string of the molecule is Cc1cc(C(=O)NC2(C(=O)O)CCC2)ccc1NC(=O)CC(C)C. The van der Waals surface area contributed by atoms with Gasteiger partial charge in [-0.3, -0.25) is 9.59 Å². The monoisotopic (exact) mass is 332 g/mol. The molecule has 0 bridgehead atoms. The number of carboxylic acid groups (broad SMARTS) is 1. The minimum Gasteiger partial charge on any atom is -0.480 e. The summed E-state index contributed by atoms with van der Waals surface area (Å²) in [7, 11) is 0. The summed E-state index contributed by atoms with van der Waals surface area (Å²) in [5, 5.41) is 14.8. The third-order valence-electron chi connectivity index (χ3n) is 4.33. The van der Waals surface area contributed by atoms with Gasteiger partial charge in [0.05, 0.1) is 0 Å². The quantitative estimate of drug-likeness (QED) is 0.746. The van der Waals surface area contributed by atoms with E-state index in [1.807, 2.05) is 13.8 Å². The second-order valence-corrected chi connectivity index (χ2v) is 6.87. The summed E-state index contributed by atoms with van der Waals surface area (Å²) in [5.74, 6) is -1.19. The van der Waals surface area contributed by atoms with E-state index in [1.165, 1.54) is 0 Å². The first-order chi connectivity index (χ1) is 11.2. The zero-order chi connectivity index (χ0) is 17.9. The number of anilines is 1. The average Bonchev–Trinajstić information content (AvgIpc) is 2.43. The number of benzene rings is 1. The van der Waals surface area contributed by atoms with E-state index in [0.29, 0.717) is 30.5 Å². The molecule has 1 aliphatic rings. The molecule has 1 saturated carbocycles. The van der Waals surface area contributed by atoms with Gasteiger partial charge in [-0.1, -0.05) is 13.8 Å². The number of hydrogen-bond acceptors (Lipinski definition) is 3. The molecular weight excluding hydrogens is 308 g/mol. The Hall–Kier alpha value is -2.37. The predicted molar refractivity (Wildman–Crippen MR) is 90.9 cm³/mol. The van der Waals surface area contributed by atoms with Crippen LogP contribution in [0.15, 0.2) is 18.2 Å². The summed E-state index contributed by atoms with van der Waals surface area (Å²) in [5.41, 5.74) is 0.684. The van der Waals surface area contributed by atoms with Crippen LogP contribution in [0.2, 0.25) is 0 Å². The molecule has 0 atom stereocenters. The lowest BCUT2D eigenvalue weighted by atomic mass is 9.76. The van der Waals surface area contributed by atoms with Gasteiger partial charge < -0.3 is 15.7 Å². The number of nitrogens with one attached hydrogen (secondary N) is 2. The zero-order valence-corrected chi connectivity index (χ0v) is 14.3. The third kappa shape index (κ3) is 3.93. The van der Waals surface area contributed by atoms with E-state index in [2.05, 4.69) is 10.6 Å². The van der Waals surface area contributed by atoms with Crippen molar-refractivity contribution in [1.82, 2.24) is 5.32 Å². The van der Waals surface area contributed by atoms with Gasteiger partial charge >= 0.3 is 5.97 Å². The molecule has 1 aromatic rings. The topological polar surface area (TPSA) is 95.5 Å².